The fourth-order valence-corrected chi connectivity index (χ4v) is 4.61. The van der Waals surface area contributed by atoms with E-state index in [2.05, 4.69) is 16.7 Å². The molecule has 2 aromatic carbocycles. The molecule has 1 aliphatic heterocycles. The number of hydrogen-bond acceptors (Lipinski definition) is 4. The van der Waals surface area contributed by atoms with Crippen LogP contribution in [0.1, 0.15) is 28.8 Å². The van der Waals surface area contributed by atoms with Gasteiger partial charge in [-0.05, 0) is 63.7 Å². The van der Waals surface area contributed by atoms with E-state index in [0.717, 1.165) is 25.9 Å². The maximum Gasteiger partial charge on any atom is 0.262 e. The molecule has 138 valence electrons. The molecule has 5 nitrogen and oxygen atoms in total. The van der Waals surface area contributed by atoms with Crippen molar-refractivity contribution in [2.24, 2.45) is 5.92 Å². The molecule has 6 heteroatoms. The van der Waals surface area contributed by atoms with Crippen LogP contribution >= 0.6 is 0 Å². The number of benzene rings is 2. The van der Waals surface area contributed by atoms with Crippen molar-refractivity contribution < 1.29 is 13.2 Å². The topological polar surface area (TPSA) is 66.5 Å². The Hall–Kier alpha value is -2.18. The zero-order valence-corrected chi connectivity index (χ0v) is 15.9. The zero-order chi connectivity index (χ0) is 18.7. The molecule has 2 aromatic rings. The molecule has 0 radical (unpaired) electrons. The highest BCUT2D eigenvalue weighted by Crippen LogP contribution is 2.24. The normalized spacial score (nSPS) is 16.4. The van der Waals surface area contributed by atoms with Crippen molar-refractivity contribution >= 4 is 21.5 Å². The van der Waals surface area contributed by atoms with E-state index in [-0.39, 0.29) is 16.6 Å². The standard InChI is InChI=1S/C20H24N2O3S/c1-15-6-3-4-9-19(15)26(24,25)21-18-8-5-7-17(14-18)20(23)16-10-12-22(2)13-11-16/h3-9,14,16,21H,10-13H2,1-2H3. The number of Topliss-reactive ketones (excluding diaryl/α,β-unsaturated/α-hetero) is 1. The average Bonchev–Trinajstić information content (AvgIpc) is 2.62. The predicted molar refractivity (Wildman–Crippen MR) is 103 cm³/mol. The molecule has 1 fully saturated rings. The second kappa shape index (κ2) is 7.60. The van der Waals surface area contributed by atoms with E-state index in [1.54, 1.807) is 55.5 Å². The number of sulfonamides is 1. The monoisotopic (exact) mass is 372 g/mol. The van der Waals surface area contributed by atoms with Crippen molar-refractivity contribution in [1.82, 2.24) is 4.90 Å². The third kappa shape index (κ3) is 4.14. The van der Waals surface area contributed by atoms with Gasteiger partial charge in [-0.1, -0.05) is 30.3 Å². The van der Waals surface area contributed by atoms with Gasteiger partial charge in [-0.15, -0.1) is 0 Å². The molecule has 1 saturated heterocycles. The second-order valence-corrected chi connectivity index (χ2v) is 8.54. The molecule has 0 aromatic heterocycles. The number of aryl methyl sites for hydroxylation is 1. The molecule has 0 atom stereocenters. The number of rotatable bonds is 5. The van der Waals surface area contributed by atoms with Crippen LogP contribution < -0.4 is 4.72 Å². The number of ketones is 1. The summed E-state index contributed by atoms with van der Waals surface area (Å²) in [6.45, 7) is 3.58. The quantitative estimate of drug-likeness (QED) is 0.818. The molecule has 0 saturated carbocycles. The van der Waals surface area contributed by atoms with Gasteiger partial charge in [-0.25, -0.2) is 8.42 Å². The third-order valence-electron chi connectivity index (χ3n) is 4.87. The van der Waals surface area contributed by atoms with Crippen LogP contribution in [0.5, 0.6) is 0 Å². The number of nitrogens with one attached hydrogen (secondary N) is 1. The Balaban J connectivity index is 1.79. The van der Waals surface area contributed by atoms with Crippen LogP contribution in [0.2, 0.25) is 0 Å². The minimum atomic E-state index is -3.69. The van der Waals surface area contributed by atoms with Gasteiger partial charge >= 0.3 is 0 Å². The summed E-state index contributed by atoms with van der Waals surface area (Å²) >= 11 is 0. The predicted octanol–water partition coefficient (Wildman–Crippen LogP) is 3.32. The molecule has 0 spiro atoms. The Bertz CT molecular complexity index is 901. The largest absolute Gasteiger partial charge is 0.306 e. The summed E-state index contributed by atoms with van der Waals surface area (Å²) in [5.74, 6) is 0.101. The SMILES string of the molecule is Cc1ccccc1S(=O)(=O)Nc1cccc(C(=O)C2CCN(C)CC2)c1. The summed E-state index contributed by atoms with van der Waals surface area (Å²) < 4.78 is 27.9. The van der Waals surface area contributed by atoms with Gasteiger partial charge in [0, 0.05) is 17.2 Å². The summed E-state index contributed by atoms with van der Waals surface area (Å²) in [7, 11) is -1.63. The number of anilines is 1. The van der Waals surface area contributed by atoms with Crippen LogP contribution in [0.25, 0.3) is 0 Å². The molecule has 1 aliphatic rings. The smallest absolute Gasteiger partial charge is 0.262 e. The van der Waals surface area contributed by atoms with Crippen LogP contribution in [0, 0.1) is 12.8 Å². The van der Waals surface area contributed by atoms with E-state index in [1.165, 1.54) is 0 Å². The van der Waals surface area contributed by atoms with Crippen LogP contribution in [0.3, 0.4) is 0 Å². The van der Waals surface area contributed by atoms with E-state index in [9.17, 15) is 13.2 Å². The van der Waals surface area contributed by atoms with Crippen molar-refractivity contribution in [3.8, 4) is 0 Å². The first-order chi connectivity index (χ1) is 12.4. The third-order valence-corrected chi connectivity index (χ3v) is 6.41. The first-order valence-corrected chi connectivity index (χ1v) is 10.3. The molecular formula is C20H24N2O3S. The van der Waals surface area contributed by atoms with E-state index in [1.807, 2.05) is 0 Å². The molecule has 0 bridgehead atoms. The van der Waals surface area contributed by atoms with Crippen molar-refractivity contribution in [1.29, 1.82) is 0 Å². The zero-order valence-electron chi connectivity index (χ0n) is 15.1. The Labute approximate surface area is 155 Å². The number of nitrogens with zero attached hydrogens (tertiary/aromatic N) is 1. The van der Waals surface area contributed by atoms with Crippen molar-refractivity contribution in [3.05, 3.63) is 59.7 Å². The van der Waals surface area contributed by atoms with Gasteiger partial charge in [0.1, 0.15) is 0 Å². The van der Waals surface area contributed by atoms with Crippen LogP contribution in [-0.2, 0) is 10.0 Å². The van der Waals surface area contributed by atoms with Crippen LogP contribution in [0.4, 0.5) is 5.69 Å². The highest BCUT2D eigenvalue weighted by Gasteiger charge is 2.25. The molecular weight excluding hydrogens is 348 g/mol. The molecule has 0 amide bonds. The molecule has 1 N–H and O–H groups in total. The lowest BCUT2D eigenvalue weighted by atomic mass is 9.89. The fourth-order valence-electron chi connectivity index (χ4n) is 3.31. The van der Waals surface area contributed by atoms with E-state index >= 15 is 0 Å². The van der Waals surface area contributed by atoms with Crippen LogP contribution in [-0.4, -0.2) is 39.2 Å². The van der Waals surface area contributed by atoms with Crippen molar-refractivity contribution in [2.75, 3.05) is 24.9 Å². The molecule has 3 rings (SSSR count). The summed E-state index contributed by atoms with van der Waals surface area (Å²) in [6.07, 6.45) is 1.68. The molecule has 0 unspecified atom stereocenters. The number of hydrogen-bond donors (Lipinski definition) is 1. The molecule has 1 heterocycles. The average molecular weight is 372 g/mol. The Morgan fingerprint density at radius 2 is 1.77 bits per heavy atom. The fraction of sp³-hybridized carbons (Fsp3) is 0.350. The molecule has 0 aliphatic carbocycles. The highest BCUT2D eigenvalue weighted by atomic mass is 32.2. The second-order valence-electron chi connectivity index (χ2n) is 6.89. The summed E-state index contributed by atoms with van der Waals surface area (Å²) in [5.41, 5.74) is 1.65. The summed E-state index contributed by atoms with van der Waals surface area (Å²) in [5, 5.41) is 0. The van der Waals surface area contributed by atoms with Crippen LogP contribution in [0.15, 0.2) is 53.4 Å². The van der Waals surface area contributed by atoms with E-state index in [4.69, 9.17) is 0 Å². The highest BCUT2D eigenvalue weighted by molar-refractivity contribution is 7.92. The lowest BCUT2D eigenvalue weighted by Crippen LogP contribution is -2.33. The number of carbonyl (C=O) groups excluding carboxylic acids is 1. The van der Waals surface area contributed by atoms with Gasteiger partial charge in [-0.3, -0.25) is 9.52 Å². The summed E-state index contributed by atoms with van der Waals surface area (Å²) in [6, 6.07) is 13.6. The maximum absolute atomic E-state index is 12.8. The van der Waals surface area contributed by atoms with Gasteiger partial charge in [0.25, 0.3) is 10.0 Å². The maximum atomic E-state index is 12.8. The lowest BCUT2D eigenvalue weighted by Gasteiger charge is -2.28. The van der Waals surface area contributed by atoms with Crippen molar-refractivity contribution in [3.63, 3.8) is 0 Å². The van der Waals surface area contributed by atoms with Crippen molar-refractivity contribution in [2.45, 2.75) is 24.7 Å². The number of carbonyl (C=O) groups is 1. The minimum absolute atomic E-state index is 0.00873. The number of likely N-dealkylation sites (tertiary alicyclic amines) is 1. The van der Waals surface area contributed by atoms with Gasteiger partial charge < -0.3 is 4.90 Å². The first kappa shape index (κ1) is 18.6. The Morgan fingerprint density at radius 3 is 2.46 bits per heavy atom. The first-order valence-electron chi connectivity index (χ1n) is 8.78. The molecule has 26 heavy (non-hydrogen) atoms. The van der Waals surface area contributed by atoms with E-state index < -0.39 is 10.0 Å². The number of piperidine rings is 1. The lowest BCUT2D eigenvalue weighted by molar-refractivity contribution is 0.0857. The van der Waals surface area contributed by atoms with Gasteiger partial charge in [0.2, 0.25) is 0 Å². The van der Waals surface area contributed by atoms with E-state index in [0.29, 0.717) is 16.8 Å². The minimum Gasteiger partial charge on any atom is -0.306 e. The van der Waals surface area contributed by atoms with Gasteiger partial charge in [-0.2, -0.15) is 0 Å². The Kier molecular flexibility index (Phi) is 5.44. The van der Waals surface area contributed by atoms with Gasteiger partial charge in [0.15, 0.2) is 5.78 Å². The summed E-state index contributed by atoms with van der Waals surface area (Å²) in [4.78, 5) is 15.2. The Morgan fingerprint density at radius 1 is 1.08 bits per heavy atom. The van der Waals surface area contributed by atoms with Gasteiger partial charge in [0.05, 0.1) is 4.90 Å².